The first-order chi connectivity index (χ1) is 16.3. The van der Waals surface area contributed by atoms with E-state index in [0.29, 0.717) is 21.6 Å². The second-order valence-electron chi connectivity index (χ2n) is 8.05. The molecule has 1 N–H and O–H groups in total. The van der Waals surface area contributed by atoms with Gasteiger partial charge in [0.15, 0.2) is 5.17 Å². The fourth-order valence-electron chi connectivity index (χ4n) is 3.49. The smallest absolute Gasteiger partial charge is 0.242 e. The average Bonchev–Trinajstić information content (AvgIpc) is 3.08. The third-order valence-electron chi connectivity index (χ3n) is 5.45. The first kappa shape index (κ1) is 24.0. The van der Waals surface area contributed by atoms with Crippen molar-refractivity contribution in [2.24, 2.45) is 4.99 Å². The van der Waals surface area contributed by atoms with Crippen molar-refractivity contribution in [2.45, 2.75) is 32.1 Å². The molecule has 0 radical (unpaired) electrons. The van der Waals surface area contributed by atoms with Crippen molar-refractivity contribution in [2.75, 3.05) is 5.32 Å². The van der Waals surface area contributed by atoms with Crippen LogP contribution >= 0.6 is 23.4 Å². The largest absolute Gasteiger partial charge is 0.326 e. The molecular weight excluding hydrogens is 473 g/mol. The molecule has 1 saturated heterocycles. The molecule has 5 nitrogen and oxygen atoms in total. The first-order valence-corrected chi connectivity index (χ1v) is 12.0. The third-order valence-corrected chi connectivity index (χ3v) is 7.03. The van der Waals surface area contributed by atoms with Crippen LogP contribution < -0.4 is 5.32 Å². The number of nitrogens with one attached hydrogen (secondary N) is 1. The normalized spacial score (nSPS) is 16.8. The standard InChI is InChI=1S/C26H23ClFN3O2S/c1-16-6-12-20(13-7-16)29-26-31(15-18-8-10-19(28)11-9-18)25(33)23(34-26)14-24(32)30-22-5-3-4-21(27)17(22)2/h3-13,23H,14-15H2,1-2H3,(H,30,32). The van der Waals surface area contributed by atoms with Gasteiger partial charge in [0.25, 0.3) is 0 Å². The molecule has 174 valence electrons. The summed E-state index contributed by atoms with van der Waals surface area (Å²) in [5, 5.41) is 3.30. The van der Waals surface area contributed by atoms with E-state index in [9.17, 15) is 14.0 Å². The lowest BCUT2D eigenvalue weighted by molar-refractivity contribution is -0.128. The number of aliphatic imine (C=N–C) groups is 1. The van der Waals surface area contributed by atoms with Crippen molar-refractivity contribution in [1.29, 1.82) is 0 Å². The fourth-order valence-corrected chi connectivity index (χ4v) is 4.82. The molecular formula is C26H23ClFN3O2S. The zero-order valence-electron chi connectivity index (χ0n) is 18.7. The number of amidine groups is 1. The molecule has 1 heterocycles. The van der Waals surface area contributed by atoms with Crippen molar-refractivity contribution in [3.05, 3.63) is 94.3 Å². The van der Waals surface area contributed by atoms with Crippen LogP contribution in [0.15, 0.2) is 71.7 Å². The van der Waals surface area contributed by atoms with Gasteiger partial charge in [-0.3, -0.25) is 14.5 Å². The number of aryl methyl sites for hydroxylation is 1. The van der Waals surface area contributed by atoms with Gasteiger partial charge in [-0.25, -0.2) is 9.38 Å². The van der Waals surface area contributed by atoms with Crippen molar-refractivity contribution < 1.29 is 14.0 Å². The third kappa shape index (κ3) is 5.66. The van der Waals surface area contributed by atoms with Gasteiger partial charge in [-0.2, -0.15) is 0 Å². The Kier molecular flexibility index (Phi) is 7.34. The number of hydrogen-bond acceptors (Lipinski definition) is 4. The number of carbonyl (C=O) groups excluding carboxylic acids is 2. The number of carbonyl (C=O) groups is 2. The lowest BCUT2D eigenvalue weighted by Gasteiger charge is -2.17. The van der Waals surface area contributed by atoms with Crippen LogP contribution in [0, 0.1) is 19.7 Å². The molecule has 8 heteroatoms. The van der Waals surface area contributed by atoms with Crippen LogP contribution in [0.1, 0.15) is 23.1 Å². The Balaban J connectivity index is 1.55. The maximum Gasteiger partial charge on any atom is 0.242 e. The molecule has 0 aliphatic carbocycles. The van der Waals surface area contributed by atoms with Gasteiger partial charge in [0.05, 0.1) is 12.2 Å². The number of benzene rings is 3. The van der Waals surface area contributed by atoms with Crippen molar-refractivity contribution in [1.82, 2.24) is 4.90 Å². The number of hydrogen-bond donors (Lipinski definition) is 1. The number of amides is 2. The van der Waals surface area contributed by atoms with Crippen LogP contribution in [0.5, 0.6) is 0 Å². The summed E-state index contributed by atoms with van der Waals surface area (Å²) >= 11 is 7.41. The number of thioether (sulfide) groups is 1. The summed E-state index contributed by atoms with van der Waals surface area (Å²) in [6.07, 6.45) is -0.0116. The van der Waals surface area contributed by atoms with Gasteiger partial charge < -0.3 is 5.32 Å². The molecule has 0 bridgehead atoms. The Labute approximate surface area is 207 Å². The Morgan fingerprint density at radius 2 is 1.79 bits per heavy atom. The second kappa shape index (κ2) is 10.4. The molecule has 1 aliphatic rings. The molecule has 1 fully saturated rings. The topological polar surface area (TPSA) is 61.8 Å². The highest BCUT2D eigenvalue weighted by molar-refractivity contribution is 8.15. The van der Waals surface area contributed by atoms with Crippen LogP contribution in [-0.4, -0.2) is 27.1 Å². The lowest BCUT2D eigenvalue weighted by Crippen LogP contribution is -2.33. The minimum Gasteiger partial charge on any atom is -0.326 e. The monoisotopic (exact) mass is 495 g/mol. The van der Waals surface area contributed by atoms with Gasteiger partial charge >= 0.3 is 0 Å². The molecule has 4 rings (SSSR count). The SMILES string of the molecule is Cc1ccc(N=C2SC(CC(=O)Nc3cccc(Cl)c3C)C(=O)N2Cc2ccc(F)cc2)cc1. The highest BCUT2D eigenvalue weighted by Gasteiger charge is 2.39. The Hall–Kier alpha value is -3.16. The molecule has 2 amide bonds. The Morgan fingerprint density at radius 1 is 1.09 bits per heavy atom. The maximum atomic E-state index is 13.4. The zero-order chi connectivity index (χ0) is 24.2. The summed E-state index contributed by atoms with van der Waals surface area (Å²) in [7, 11) is 0. The van der Waals surface area contributed by atoms with E-state index in [0.717, 1.165) is 16.7 Å². The van der Waals surface area contributed by atoms with Gasteiger partial charge in [0.2, 0.25) is 11.8 Å². The van der Waals surface area contributed by atoms with E-state index >= 15 is 0 Å². The molecule has 1 aliphatic heterocycles. The Bertz CT molecular complexity index is 1250. The molecule has 0 spiro atoms. The summed E-state index contributed by atoms with van der Waals surface area (Å²) in [6, 6.07) is 18.9. The van der Waals surface area contributed by atoms with Crippen LogP contribution in [0.3, 0.4) is 0 Å². The van der Waals surface area contributed by atoms with Crippen LogP contribution in [-0.2, 0) is 16.1 Å². The molecule has 3 aromatic carbocycles. The predicted octanol–water partition coefficient (Wildman–Crippen LogP) is 6.26. The van der Waals surface area contributed by atoms with Gasteiger partial charge in [-0.1, -0.05) is 59.3 Å². The van der Waals surface area contributed by atoms with Crippen molar-refractivity contribution in [3.8, 4) is 0 Å². The minimum atomic E-state index is -0.621. The van der Waals surface area contributed by atoms with Crippen molar-refractivity contribution in [3.63, 3.8) is 0 Å². The van der Waals surface area contributed by atoms with Gasteiger partial charge in [0, 0.05) is 17.1 Å². The fraction of sp³-hybridized carbons (Fsp3) is 0.192. The van der Waals surface area contributed by atoms with E-state index in [1.54, 1.807) is 35.2 Å². The van der Waals surface area contributed by atoms with Crippen LogP contribution in [0.4, 0.5) is 15.8 Å². The second-order valence-corrected chi connectivity index (χ2v) is 9.63. The van der Waals surface area contributed by atoms with E-state index in [4.69, 9.17) is 11.6 Å². The lowest BCUT2D eigenvalue weighted by atomic mass is 10.1. The van der Waals surface area contributed by atoms with E-state index in [1.165, 1.54) is 23.9 Å². The van der Waals surface area contributed by atoms with Gasteiger partial charge in [0.1, 0.15) is 11.1 Å². The molecule has 3 aromatic rings. The molecule has 34 heavy (non-hydrogen) atoms. The predicted molar refractivity (Wildman–Crippen MR) is 136 cm³/mol. The van der Waals surface area contributed by atoms with Gasteiger partial charge in [-0.15, -0.1) is 0 Å². The van der Waals surface area contributed by atoms with E-state index in [1.807, 2.05) is 38.1 Å². The summed E-state index contributed by atoms with van der Waals surface area (Å²) in [6.45, 7) is 4.05. The Morgan fingerprint density at radius 3 is 2.50 bits per heavy atom. The zero-order valence-corrected chi connectivity index (χ0v) is 20.3. The summed E-state index contributed by atoms with van der Waals surface area (Å²) in [5.74, 6) is -0.835. The number of rotatable bonds is 6. The number of halogens is 2. The summed E-state index contributed by atoms with van der Waals surface area (Å²) in [5.41, 5.74) is 3.97. The highest BCUT2D eigenvalue weighted by Crippen LogP contribution is 2.33. The quantitative estimate of drug-likeness (QED) is 0.439. The van der Waals surface area contributed by atoms with Crippen LogP contribution in [0.25, 0.3) is 0 Å². The number of anilines is 1. The highest BCUT2D eigenvalue weighted by atomic mass is 35.5. The van der Waals surface area contributed by atoms with E-state index in [2.05, 4.69) is 10.3 Å². The molecule has 0 saturated carbocycles. The van der Waals surface area contributed by atoms with Crippen molar-refractivity contribution >= 4 is 51.7 Å². The first-order valence-electron chi connectivity index (χ1n) is 10.7. The molecule has 0 aromatic heterocycles. The molecule has 1 atom stereocenters. The molecule has 1 unspecified atom stereocenters. The number of nitrogens with zero attached hydrogens (tertiary/aromatic N) is 2. The summed E-state index contributed by atoms with van der Waals surface area (Å²) in [4.78, 5) is 32.3. The van der Waals surface area contributed by atoms with Crippen LogP contribution in [0.2, 0.25) is 5.02 Å². The van der Waals surface area contributed by atoms with E-state index in [-0.39, 0.29) is 30.6 Å². The average molecular weight is 496 g/mol. The van der Waals surface area contributed by atoms with E-state index < -0.39 is 5.25 Å². The minimum absolute atomic E-state index is 0.0116. The maximum absolute atomic E-state index is 13.4. The summed E-state index contributed by atoms with van der Waals surface area (Å²) < 4.78 is 13.4. The van der Waals surface area contributed by atoms with Gasteiger partial charge in [-0.05, 0) is 61.4 Å².